The van der Waals surface area contributed by atoms with Gasteiger partial charge in [0.05, 0.1) is 6.54 Å². The fourth-order valence-corrected chi connectivity index (χ4v) is 2.63. The van der Waals surface area contributed by atoms with E-state index < -0.39 is 0 Å². The summed E-state index contributed by atoms with van der Waals surface area (Å²) in [7, 11) is 0. The van der Waals surface area contributed by atoms with Gasteiger partial charge >= 0.3 is 0 Å². The summed E-state index contributed by atoms with van der Waals surface area (Å²) in [5, 5.41) is 1.22. The summed E-state index contributed by atoms with van der Waals surface area (Å²) in [6.45, 7) is 2.52. The highest BCUT2D eigenvalue weighted by molar-refractivity contribution is 5.87. The molecule has 0 spiro atoms. The van der Waals surface area contributed by atoms with E-state index in [1.807, 2.05) is 42.5 Å². The molecule has 100 valence electrons. The molecule has 3 aromatic rings. The Kier molecular flexibility index (Phi) is 3.38. The van der Waals surface area contributed by atoms with E-state index >= 15 is 0 Å². The smallest absolute Gasteiger partial charge is 0.156 e. The topological polar surface area (TPSA) is 22.0 Å². The molecule has 2 aromatic carbocycles. The molecule has 0 amide bonds. The summed E-state index contributed by atoms with van der Waals surface area (Å²) in [6.07, 6.45) is 2.56. The average molecular weight is 263 g/mol. The molecular formula is C18H17NO. The van der Waals surface area contributed by atoms with Gasteiger partial charge in [-0.25, -0.2) is 0 Å². The monoisotopic (exact) mass is 263 g/mol. The van der Waals surface area contributed by atoms with Crippen molar-refractivity contribution in [2.75, 3.05) is 0 Å². The van der Waals surface area contributed by atoms with Gasteiger partial charge in [-0.2, -0.15) is 0 Å². The van der Waals surface area contributed by atoms with Gasteiger partial charge < -0.3 is 4.57 Å². The van der Waals surface area contributed by atoms with Crippen LogP contribution >= 0.6 is 0 Å². The Balaban J connectivity index is 1.81. The number of aromatic nitrogens is 1. The van der Waals surface area contributed by atoms with E-state index in [-0.39, 0.29) is 5.78 Å². The van der Waals surface area contributed by atoms with E-state index in [4.69, 9.17) is 0 Å². The number of para-hydroxylation sites is 1. The highest BCUT2D eigenvalue weighted by Gasteiger charge is 2.09. The Labute approximate surface area is 118 Å². The molecule has 0 aliphatic carbocycles. The Morgan fingerprint density at radius 1 is 1.00 bits per heavy atom. The normalized spacial score (nSPS) is 10.8. The number of nitrogens with zero attached hydrogens (tertiary/aromatic N) is 1. The van der Waals surface area contributed by atoms with Crippen LogP contribution in [0, 0.1) is 6.92 Å². The summed E-state index contributed by atoms with van der Waals surface area (Å²) in [5.74, 6) is 0.233. The van der Waals surface area contributed by atoms with Gasteiger partial charge in [-0.1, -0.05) is 48.5 Å². The SMILES string of the molecule is Cc1cn(CC(=O)Cc2ccccc2)c2ccccc12. The number of benzene rings is 2. The van der Waals surface area contributed by atoms with Crippen LogP contribution in [0.1, 0.15) is 11.1 Å². The van der Waals surface area contributed by atoms with Crippen molar-refractivity contribution in [2.24, 2.45) is 0 Å². The van der Waals surface area contributed by atoms with Gasteiger partial charge in [-0.05, 0) is 24.1 Å². The van der Waals surface area contributed by atoms with Gasteiger partial charge in [0.1, 0.15) is 0 Å². The quantitative estimate of drug-likeness (QED) is 0.702. The van der Waals surface area contributed by atoms with Gasteiger partial charge in [0.25, 0.3) is 0 Å². The van der Waals surface area contributed by atoms with E-state index in [1.54, 1.807) is 0 Å². The molecule has 0 fully saturated rings. The maximum absolute atomic E-state index is 12.2. The van der Waals surface area contributed by atoms with Crippen LogP contribution in [0.15, 0.2) is 60.8 Å². The van der Waals surface area contributed by atoms with E-state index in [0.29, 0.717) is 13.0 Å². The summed E-state index contributed by atoms with van der Waals surface area (Å²) in [4.78, 5) is 12.2. The number of hydrogen-bond donors (Lipinski definition) is 0. The first-order valence-corrected chi connectivity index (χ1v) is 6.84. The molecule has 0 N–H and O–H groups in total. The second-order valence-electron chi connectivity index (χ2n) is 5.16. The highest BCUT2D eigenvalue weighted by Crippen LogP contribution is 2.20. The van der Waals surface area contributed by atoms with Crippen molar-refractivity contribution in [3.63, 3.8) is 0 Å². The van der Waals surface area contributed by atoms with Crippen molar-refractivity contribution >= 4 is 16.7 Å². The molecule has 0 saturated heterocycles. The number of carbonyl (C=O) groups is 1. The van der Waals surface area contributed by atoms with E-state index in [0.717, 1.165) is 11.1 Å². The molecule has 0 aliphatic heterocycles. The minimum Gasteiger partial charge on any atom is -0.340 e. The maximum atomic E-state index is 12.2. The lowest BCUT2D eigenvalue weighted by molar-refractivity contribution is -0.118. The van der Waals surface area contributed by atoms with Crippen molar-refractivity contribution in [1.29, 1.82) is 0 Å². The van der Waals surface area contributed by atoms with Crippen LogP contribution in [0.3, 0.4) is 0 Å². The Morgan fingerprint density at radius 2 is 1.70 bits per heavy atom. The summed E-state index contributed by atoms with van der Waals surface area (Å²) >= 11 is 0. The third kappa shape index (κ3) is 2.50. The molecule has 1 heterocycles. The molecule has 0 atom stereocenters. The Bertz CT molecular complexity index is 740. The molecule has 20 heavy (non-hydrogen) atoms. The van der Waals surface area contributed by atoms with Crippen molar-refractivity contribution in [1.82, 2.24) is 4.57 Å². The lowest BCUT2D eigenvalue weighted by Crippen LogP contribution is -2.11. The number of ketones is 1. The van der Waals surface area contributed by atoms with Crippen LogP contribution in [-0.4, -0.2) is 10.4 Å². The number of aryl methyl sites for hydroxylation is 1. The summed E-state index contributed by atoms with van der Waals surface area (Å²) < 4.78 is 2.05. The molecular weight excluding hydrogens is 246 g/mol. The molecule has 2 heteroatoms. The zero-order valence-corrected chi connectivity index (χ0v) is 11.5. The van der Waals surface area contributed by atoms with Crippen LogP contribution in [0.2, 0.25) is 0 Å². The molecule has 3 rings (SSSR count). The van der Waals surface area contributed by atoms with Crippen LogP contribution in [0.25, 0.3) is 10.9 Å². The first-order chi connectivity index (χ1) is 9.74. The molecule has 0 unspecified atom stereocenters. The van der Waals surface area contributed by atoms with E-state index in [2.05, 4.69) is 29.8 Å². The predicted octanol–water partition coefficient (Wildman–Crippen LogP) is 3.76. The van der Waals surface area contributed by atoms with E-state index in [1.165, 1.54) is 10.9 Å². The van der Waals surface area contributed by atoms with Crippen LogP contribution in [-0.2, 0) is 17.8 Å². The molecule has 0 radical (unpaired) electrons. The number of Topliss-reactive ketones (excluding diaryl/α,β-unsaturated/α-hetero) is 1. The first kappa shape index (κ1) is 12.7. The average Bonchev–Trinajstić information content (AvgIpc) is 2.77. The zero-order chi connectivity index (χ0) is 13.9. The minimum absolute atomic E-state index is 0.233. The summed E-state index contributed by atoms with van der Waals surface area (Å²) in [6, 6.07) is 18.1. The standard InChI is InChI=1S/C18H17NO/c1-14-12-19(18-10-6-5-9-17(14)18)13-16(20)11-15-7-3-2-4-8-15/h2-10,12H,11,13H2,1H3. The fraction of sp³-hybridized carbons (Fsp3) is 0.167. The number of rotatable bonds is 4. The number of hydrogen-bond acceptors (Lipinski definition) is 1. The van der Waals surface area contributed by atoms with Crippen molar-refractivity contribution in [3.05, 3.63) is 71.9 Å². The van der Waals surface area contributed by atoms with E-state index in [9.17, 15) is 4.79 Å². The van der Waals surface area contributed by atoms with Crippen LogP contribution < -0.4 is 0 Å². The predicted molar refractivity (Wildman–Crippen MR) is 81.8 cm³/mol. The van der Waals surface area contributed by atoms with Crippen LogP contribution in [0.5, 0.6) is 0 Å². The van der Waals surface area contributed by atoms with Gasteiger partial charge in [0.2, 0.25) is 0 Å². The third-order valence-corrected chi connectivity index (χ3v) is 3.58. The number of carbonyl (C=O) groups excluding carboxylic acids is 1. The highest BCUT2D eigenvalue weighted by atomic mass is 16.1. The molecule has 1 aromatic heterocycles. The fourth-order valence-electron chi connectivity index (χ4n) is 2.63. The molecule has 0 aliphatic rings. The van der Waals surface area contributed by atoms with Gasteiger partial charge in [-0.15, -0.1) is 0 Å². The van der Waals surface area contributed by atoms with Crippen molar-refractivity contribution < 1.29 is 4.79 Å². The third-order valence-electron chi connectivity index (χ3n) is 3.58. The second kappa shape index (κ2) is 5.33. The second-order valence-corrected chi connectivity index (χ2v) is 5.16. The largest absolute Gasteiger partial charge is 0.340 e. The number of fused-ring (bicyclic) bond motifs is 1. The lowest BCUT2D eigenvalue weighted by atomic mass is 10.1. The van der Waals surface area contributed by atoms with Gasteiger partial charge in [0, 0.05) is 23.5 Å². The zero-order valence-electron chi connectivity index (χ0n) is 11.5. The molecule has 2 nitrogen and oxygen atoms in total. The molecule has 0 bridgehead atoms. The maximum Gasteiger partial charge on any atom is 0.156 e. The Morgan fingerprint density at radius 3 is 2.50 bits per heavy atom. The Hall–Kier alpha value is -2.35. The van der Waals surface area contributed by atoms with Crippen molar-refractivity contribution in [3.8, 4) is 0 Å². The lowest BCUT2D eigenvalue weighted by Gasteiger charge is -2.05. The van der Waals surface area contributed by atoms with Gasteiger partial charge in [-0.3, -0.25) is 4.79 Å². The van der Waals surface area contributed by atoms with Crippen LogP contribution in [0.4, 0.5) is 0 Å². The van der Waals surface area contributed by atoms with Crippen molar-refractivity contribution in [2.45, 2.75) is 19.9 Å². The minimum atomic E-state index is 0.233. The molecule has 0 saturated carbocycles. The summed E-state index contributed by atoms with van der Waals surface area (Å²) in [5.41, 5.74) is 3.42. The van der Waals surface area contributed by atoms with Gasteiger partial charge in [0.15, 0.2) is 5.78 Å². The first-order valence-electron chi connectivity index (χ1n) is 6.84.